The number of hydrogen-bond donors (Lipinski definition) is 0. The molecule has 1 aliphatic rings. The van der Waals surface area contributed by atoms with Gasteiger partial charge in [0.25, 0.3) is 15.9 Å². The maximum absolute atomic E-state index is 13.2. The second kappa shape index (κ2) is 10.3. The zero-order chi connectivity index (χ0) is 23.3. The summed E-state index contributed by atoms with van der Waals surface area (Å²) < 4.78 is 45.2. The van der Waals surface area contributed by atoms with Crippen molar-refractivity contribution in [1.82, 2.24) is 4.90 Å². The van der Waals surface area contributed by atoms with Crippen molar-refractivity contribution < 1.29 is 27.1 Å². The van der Waals surface area contributed by atoms with Crippen LogP contribution in [0, 0.1) is 5.82 Å². The van der Waals surface area contributed by atoms with Crippen molar-refractivity contribution in [3.63, 3.8) is 0 Å². The fraction of sp³-hybridized carbons (Fsp3) is 0.364. The van der Waals surface area contributed by atoms with E-state index in [0.29, 0.717) is 13.1 Å². The van der Waals surface area contributed by atoms with Crippen molar-refractivity contribution in [3.05, 3.63) is 58.9 Å². The van der Waals surface area contributed by atoms with Crippen molar-refractivity contribution in [2.24, 2.45) is 0 Å². The van der Waals surface area contributed by atoms with E-state index in [4.69, 9.17) is 16.3 Å². The van der Waals surface area contributed by atoms with Crippen LogP contribution in [0.1, 0.15) is 36.0 Å². The molecular weight excluding hydrogens is 459 g/mol. The van der Waals surface area contributed by atoms with E-state index in [0.717, 1.165) is 48.2 Å². The van der Waals surface area contributed by atoms with E-state index in [-0.39, 0.29) is 27.1 Å². The van der Waals surface area contributed by atoms with Gasteiger partial charge in [-0.1, -0.05) is 24.4 Å². The Morgan fingerprint density at radius 3 is 2.31 bits per heavy atom. The van der Waals surface area contributed by atoms with Crippen LogP contribution in [0.4, 0.5) is 10.1 Å². The Balaban J connectivity index is 1.74. The number of amides is 1. The molecule has 0 spiro atoms. The van der Waals surface area contributed by atoms with Gasteiger partial charge in [0.2, 0.25) is 0 Å². The normalized spacial score (nSPS) is 14.5. The molecule has 1 amide bonds. The fourth-order valence-electron chi connectivity index (χ4n) is 3.39. The van der Waals surface area contributed by atoms with E-state index in [1.165, 1.54) is 31.3 Å². The lowest BCUT2D eigenvalue weighted by molar-refractivity contribution is -0.134. The van der Waals surface area contributed by atoms with Gasteiger partial charge < -0.3 is 9.64 Å². The van der Waals surface area contributed by atoms with E-state index in [9.17, 15) is 22.4 Å². The summed E-state index contributed by atoms with van der Waals surface area (Å²) in [4.78, 5) is 26.4. The third-order valence-corrected chi connectivity index (χ3v) is 7.40. The summed E-state index contributed by atoms with van der Waals surface area (Å²) in [5.74, 6) is -1.68. The van der Waals surface area contributed by atoms with Crippen LogP contribution in [0.3, 0.4) is 0 Å². The lowest BCUT2D eigenvalue weighted by Crippen LogP contribution is -2.35. The first kappa shape index (κ1) is 24.0. The number of carbonyl (C=O) groups excluding carboxylic acids is 2. The summed E-state index contributed by atoms with van der Waals surface area (Å²) in [5, 5.41) is 0.000562. The molecular formula is C22H24ClFN2O5S. The van der Waals surface area contributed by atoms with E-state index in [1.807, 2.05) is 0 Å². The Morgan fingerprint density at radius 2 is 1.69 bits per heavy atom. The van der Waals surface area contributed by atoms with Crippen molar-refractivity contribution in [1.29, 1.82) is 0 Å². The molecule has 0 bridgehead atoms. The number of sulfonamides is 1. The molecule has 1 fully saturated rings. The number of hydrogen-bond acceptors (Lipinski definition) is 5. The zero-order valence-electron chi connectivity index (χ0n) is 17.6. The number of esters is 1. The lowest BCUT2D eigenvalue weighted by Gasteiger charge is -2.21. The van der Waals surface area contributed by atoms with Gasteiger partial charge in [-0.15, -0.1) is 0 Å². The predicted octanol–water partition coefficient (Wildman–Crippen LogP) is 3.86. The molecule has 0 N–H and O–H groups in total. The highest BCUT2D eigenvalue weighted by Gasteiger charge is 2.25. The van der Waals surface area contributed by atoms with Crippen LogP contribution in [0.15, 0.2) is 47.4 Å². The molecule has 0 atom stereocenters. The highest BCUT2D eigenvalue weighted by atomic mass is 35.5. The topological polar surface area (TPSA) is 84.0 Å². The molecule has 0 radical (unpaired) electrons. The number of ether oxygens (including phenoxy) is 1. The molecule has 7 nitrogen and oxygen atoms in total. The van der Waals surface area contributed by atoms with Gasteiger partial charge in [0.05, 0.1) is 21.2 Å². The number of likely N-dealkylation sites (tertiary alicyclic amines) is 1. The van der Waals surface area contributed by atoms with Gasteiger partial charge >= 0.3 is 5.97 Å². The number of nitrogens with zero attached hydrogens (tertiary/aromatic N) is 2. The van der Waals surface area contributed by atoms with E-state index in [1.54, 1.807) is 4.90 Å². The second-order valence-corrected chi connectivity index (χ2v) is 9.84. The van der Waals surface area contributed by atoms with Crippen LogP contribution in [-0.4, -0.2) is 51.9 Å². The Kier molecular flexibility index (Phi) is 7.73. The van der Waals surface area contributed by atoms with Gasteiger partial charge in [0.1, 0.15) is 5.82 Å². The number of benzene rings is 2. The minimum absolute atomic E-state index is 0.000562. The first-order valence-corrected chi connectivity index (χ1v) is 12.0. The largest absolute Gasteiger partial charge is 0.452 e. The number of anilines is 1. The van der Waals surface area contributed by atoms with Gasteiger partial charge in [-0.2, -0.15) is 0 Å². The van der Waals surface area contributed by atoms with E-state index < -0.39 is 28.4 Å². The van der Waals surface area contributed by atoms with E-state index in [2.05, 4.69) is 0 Å². The van der Waals surface area contributed by atoms with Gasteiger partial charge in [-0.25, -0.2) is 17.6 Å². The van der Waals surface area contributed by atoms with Crippen molar-refractivity contribution >= 4 is 39.2 Å². The highest BCUT2D eigenvalue weighted by molar-refractivity contribution is 7.92. The quantitative estimate of drug-likeness (QED) is 0.584. The first-order valence-electron chi connectivity index (χ1n) is 10.2. The molecule has 0 aliphatic carbocycles. The summed E-state index contributed by atoms with van der Waals surface area (Å²) in [5.41, 5.74) is 0.0810. The van der Waals surface area contributed by atoms with Crippen molar-refractivity contribution in [2.45, 2.75) is 30.6 Å². The van der Waals surface area contributed by atoms with Crippen LogP contribution in [0.25, 0.3) is 0 Å². The SMILES string of the molecule is CN(c1ccc(F)cc1)S(=O)(=O)c1ccc(Cl)c(C(=O)OCC(=O)N2CCCCCC2)c1. The fourth-order valence-corrected chi connectivity index (χ4v) is 4.80. The number of carbonyl (C=O) groups is 2. The molecule has 1 saturated heterocycles. The van der Waals surface area contributed by atoms with Crippen LogP contribution in [0.2, 0.25) is 5.02 Å². The molecule has 32 heavy (non-hydrogen) atoms. The Morgan fingerprint density at radius 1 is 1.06 bits per heavy atom. The Hall–Kier alpha value is -2.65. The first-order chi connectivity index (χ1) is 15.2. The minimum Gasteiger partial charge on any atom is -0.452 e. The third kappa shape index (κ3) is 5.58. The smallest absolute Gasteiger partial charge is 0.340 e. The zero-order valence-corrected chi connectivity index (χ0v) is 19.2. The molecule has 2 aromatic carbocycles. The highest BCUT2D eigenvalue weighted by Crippen LogP contribution is 2.26. The average Bonchev–Trinajstić information content (AvgIpc) is 3.07. The molecule has 1 aliphatic heterocycles. The summed E-state index contributed by atoms with van der Waals surface area (Å²) in [7, 11) is -2.75. The second-order valence-electron chi connectivity index (χ2n) is 7.46. The monoisotopic (exact) mass is 482 g/mol. The summed E-state index contributed by atoms with van der Waals surface area (Å²) >= 11 is 6.09. The number of halogens is 2. The molecule has 1 heterocycles. The molecule has 3 rings (SSSR count). The molecule has 10 heteroatoms. The van der Waals surface area contributed by atoms with E-state index >= 15 is 0 Å². The van der Waals surface area contributed by atoms with Gasteiger partial charge in [-0.3, -0.25) is 9.10 Å². The average molecular weight is 483 g/mol. The lowest BCUT2D eigenvalue weighted by atomic mass is 10.2. The third-order valence-electron chi connectivity index (χ3n) is 5.29. The minimum atomic E-state index is -4.06. The van der Waals surface area contributed by atoms with Gasteiger partial charge in [0.15, 0.2) is 6.61 Å². The molecule has 0 aromatic heterocycles. The van der Waals surface area contributed by atoms with Crippen molar-refractivity contribution in [2.75, 3.05) is 31.0 Å². The molecule has 172 valence electrons. The van der Waals surface area contributed by atoms with Crippen LogP contribution >= 0.6 is 11.6 Å². The predicted molar refractivity (Wildman–Crippen MR) is 119 cm³/mol. The van der Waals surface area contributed by atoms with Gasteiger partial charge in [0, 0.05) is 20.1 Å². The van der Waals surface area contributed by atoms with Crippen LogP contribution < -0.4 is 4.31 Å². The molecule has 2 aromatic rings. The summed E-state index contributed by atoms with van der Waals surface area (Å²) in [6.07, 6.45) is 3.94. The summed E-state index contributed by atoms with van der Waals surface area (Å²) in [6.45, 7) is 0.808. The maximum Gasteiger partial charge on any atom is 0.340 e. The molecule has 0 saturated carbocycles. The van der Waals surface area contributed by atoms with Gasteiger partial charge in [-0.05, 0) is 55.3 Å². The van der Waals surface area contributed by atoms with Crippen LogP contribution in [0.5, 0.6) is 0 Å². The van der Waals surface area contributed by atoms with Crippen molar-refractivity contribution in [3.8, 4) is 0 Å². The molecule has 0 unspecified atom stereocenters. The summed E-state index contributed by atoms with van der Waals surface area (Å²) in [6, 6.07) is 8.59. The van der Waals surface area contributed by atoms with Crippen LogP contribution in [-0.2, 0) is 19.6 Å². The standard InChI is InChI=1S/C22H24ClFN2O5S/c1-25(17-8-6-16(24)7-9-17)32(29,30)18-10-11-20(23)19(14-18)22(28)31-15-21(27)26-12-4-2-3-5-13-26/h6-11,14H,2-5,12-13,15H2,1H3. The maximum atomic E-state index is 13.2. The Bertz CT molecular complexity index is 1080. The Labute approximate surface area is 191 Å². The number of rotatable bonds is 6.